The lowest BCUT2D eigenvalue weighted by molar-refractivity contribution is -0.115. The van der Waals surface area contributed by atoms with Gasteiger partial charge in [0.1, 0.15) is 0 Å². The number of para-hydroxylation sites is 1. The normalized spacial score (nSPS) is 15.3. The Hall–Kier alpha value is -3.57. The lowest BCUT2D eigenvalue weighted by atomic mass is 9.98. The second kappa shape index (κ2) is 8.43. The molecule has 0 saturated carbocycles. The molecule has 3 aromatic rings. The summed E-state index contributed by atoms with van der Waals surface area (Å²) in [5.74, 6) is 0.189. The number of phenols is 1. The number of aromatic hydroxyl groups is 1. The molecular formula is C24H19ClN2O3. The van der Waals surface area contributed by atoms with Crippen molar-refractivity contribution in [2.45, 2.75) is 6.42 Å². The molecule has 1 N–H and O–H groups in total. The summed E-state index contributed by atoms with van der Waals surface area (Å²) in [6.45, 7) is 0. The minimum atomic E-state index is -0.203. The van der Waals surface area contributed by atoms with Gasteiger partial charge in [0.2, 0.25) is 0 Å². The Morgan fingerprint density at radius 3 is 2.50 bits per heavy atom. The fraction of sp³-hybridized carbons (Fsp3) is 0.0833. The number of anilines is 1. The van der Waals surface area contributed by atoms with Gasteiger partial charge in [-0.1, -0.05) is 48.0 Å². The average Bonchev–Trinajstić information content (AvgIpc) is 2.77. The van der Waals surface area contributed by atoms with E-state index in [1.165, 1.54) is 12.1 Å². The van der Waals surface area contributed by atoms with E-state index in [9.17, 15) is 9.90 Å². The summed E-state index contributed by atoms with van der Waals surface area (Å²) in [6, 6.07) is 21.7. The number of carbonyl (C=O) groups is 1. The topological polar surface area (TPSA) is 62.1 Å². The van der Waals surface area contributed by atoms with Crippen molar-refractivity contribution < 1.29 is 14.6 Å². The largest absolute Gasteiger partial charge is 0.504 e. The van der Waals surface area contributed by atoms with E-state index >= 15 is 0 Å². The predicted octanol–water partition coefficient (Wildman–Crippen LogP) is 5.28. The highest BCUT2D eigenvalue weighted by molar-refractivity contribution is 6.30. The second-order valence-electron chi connectivity index (χ2n) is 6.78. The van der Waals surface area contributed by atoms with Crippen LogP contribution in [0.25, 0.3) is 6.08 Å². The lowest BCUT2D eigenvalue weighted by Crippen LogP contribution is -2.33. The number of halogens is 1. The first-order chi connectivity index (χ1) is 14.5. The van der Waals surface area contributed by atoms with Gasteiger partial charge in [0.15, 0.2) is 11.5 Å². The minimum absolute atomic E-state index is 0.0453. The number of hydrazone groups is 1. The number of benzene rings is 3. The van der Waals surface area contributed by atoms with Crippen LogP contribution in [-0.4, -0.2) is 23.8 Å². The van der Waals surface area contributed by atoms with Crippen LogP contribution in [0, 0.1) is 0 Å². The minimum Gasteiger partial charge on any atom is -0.504 e. The highest BCUT2D eigenvalue weighted by atomic mass is 35.5. The summed E-state index contributed by atoms with van der Waals surface area (Å²) >= 11 is 6.03. The van der Waals surface area contributed by atoms with Gasteiger partial charge in [0.25, 0.3) is 5.91 Å². The Morgan fingerprint density at radius 2 is 1.80 bits per heavy atom. The fourth-order valence-corrected chi connectivity index (χ4v) is 3.36. The number of carbonyl (C=O) groups excluding carboxylic acids is 1. The number of hydrogen-bond acceptors (Lipinski definition) is 4. The average molecular weight is 419 g/mol. The van der Waals surface area contributed by atoms with Crippen molar-refractivity contribution >= 4 is 35.0 Å². The Labute approximate surface area is 179 Å². The summed E-state index contributed by atoms with van der Waals surface area (Å²) in [5.41, 5.74) is 3.65. The molecule has 0 atom stereocenters. The summed E-state index contributed by atoms with van der Waals surface area (Å²) in [7, 11) is 1.49. The molecule has 0 aromatic heterocycles. The van der Waals surface area contributed by atoms with Crippen molar-refractivity contribution in [3.8, 4) is 11.5 Å². The van der Waals surface area contributed by atoms with E-state index in [-0.39, 0.29) is 11.7 Å². The van der Waals surface area contributed by atoms with Gasteiger partial charge in [-0.15, -0.1) is 0 Å². The first kappa shape index (κ1) is 19.7. The maximum Gasteiger partial charge on any atom is 0.275 e. The summed E-state index contributed by atoms with van der Waals surface area (Å²) in [5, 5.41) is 16.5. The van der Waals surface area contributed by atoms with Crippen molar-refractivity contribution in [3.63, 3.8) is 0 Å². The van der Waals surface area contributed by atoms with Crippen LogP contribution >= 0.6 is 11.6 Å². The van der Waals surface area contributed by atoms with Crippen molar-refractivity contribution in [2.75, 3.05) is 12.1 Å². The molecule has 5 nitrogen and oxygen atoms in total. The van der Waals surface area contributed by atoms with E-state index in [1.54, 1.807) is 36.4 Å². The molecule has 0 saturated heterocycles. The van der Waals surface area contributed by atoms with Gasteiger partial charge in [0.05, 0.1) is 18.5 Å². The van der Waals surface area contributed by atoms with Crippen molar-refractivity contribution in [3.05, 3.63) is 94.5 Å². The highest BCUT2D eigenvalue weighted by Gasteiger charge is 2.27. The maximum absolute atomic E-state index is 13.2. The Bertz CT molecular complexity index is 1140. The molecule has 1 amide bonds. The number of hydrogen-bond donors (Lipinski definition) is 1. The van der Waals surface area contributed by atoms with Gasteiger partial charge in [0, 0.05) is 17.0 Å². The molecule has 0 spiro atoms. The van der Waals surface area contributed by atoms with Crippen molar-refractivity contribution in [2.24, 2.45) is 5.10 Å². The second-order valence-corrected chi connectivity index (χ2v) is 7.22. The molecular weight excluding hydrogens is 400 g/mol. The van der Waals surface area contributed by atoms with Crippen LogP contribution < -0.4 is 9.75 Å². The molecule has 6 heteroatoms. The first-order valence-electron chi connectivity index (χ1n) is 9.35. The number of methoxy groups -OCH3 is 1. The van der Waals surface area contributed by atoms with Crippen molar-refractivity contribution in [1.29, 1.82) is 0 Å². The summed E-state index contributed by atoms with van der Waals surface area (Å²) in [4.78, 5) is 13.2. The van der Waals surface area contributed by atoms with Gasteiger partial charge in [-0.05, 0) is 53.6 Å². The van der Waals surface area contributed by atoms with E-state index in [0.717, 1.165) is 16.8 Å². The molecule has 4 rings (SSSR count). The molecule has 1 aliphatic rings. The van der Waals surface area contributed by atoms with E-state index in [4.69, 9.17) is 16.3 Å². The number of nitrogens with zero attached hydrogens (tertiary/aromatic N) is 2. The van der Waals surface area contributed by atoms with Gasteiger partial charge in [-0.2, -0.15) is 10.1 Å². The molecule has 0 unspecified atom stereocenters. The third kappa shape index (κ3) is 4.07. The van der Waals surface area contributed by atoms with Crippen LogP contribution in [0.2, 0.25) is 5.02 Å². The lowest BCUT2D eigenvalue weighted by Gasteiger charge is -2.26. The third-order valence-corrected chi connectivity index (χ3v) is 5.02. The standard InChI is InChI=1S/C24H19ClN2O3/c1-30-23-14-16(7-12-22(23)28)13-18-15-21(17-8-10-19(25)11-9-17)26-27(24(18)29)20-5-3-2-4-6-20/h2-14,28H,15H2,1H3. The van der Waals surface area contributed by atoms with Crippen LogP contribution in [0.1, 0.15) is 17.5 Å². The molecule has 30 heavy (non-hydrogen) atoms. The molecule has 3 aromatic carbocycles. The van der Waals surface area contributed by atoms with Gasteiger partial charge < -0.3 is 9.84 Å². The molecule has 150 valence electrons. The molecule has 0 radical (unpaired) electrons. The van der Waals surface area contributed by atoms with Crippen LogP contribution in [0.5, 0.6) is 11.5 Å². The smallest absolute Gasteiger partial charge is 0.275 e. The number of amides is 1. The zero-order valence-electron chi connectivity index (χ0n) is 16.2. The van der Waals surface area contributed by atoms with Gasteiger partial charge in [-0.25, -0.2) is 0 Å². The van der Waals surface area contributed by atoms with Crippen LogP contribution in [0.4, 0.5) is 5.69 Å². The Kier molecular flexibility index (Phi) is 5.55. The highest BCUT2D eigenvalue weighted by Crippen LogP contribution is 2.30. The third-order valence-electron chi connectivity index (χ3n) is 4.77. The maximum atomic E-state index is 13.2. The first-order valence-corrected chi connectivity index (χ1v) is 9.73. The monoisotopic (exact) mass is 418 g/mol. The molecule has 0 bridgehead atoms. The summed E-state index contributed by atoms with van der Waals surface area (Å²) in [6.07, 6.45) is 2.16. The van der Waals surface area contributed by atoms with Crippen LogP contribution in [-0.2, 0) is 4.79 Å². The SMILES string of the molecule is COc1cc(C=C2CC(c3ccc(Cl)cc3)=NN(c3ccccc3)C2=O)ccc1O. The van der Waals surface area contributed by atoms with Crippen molar-refractivity contribution in [1.82, 2.24) is 0 Å². The Balaban J connectivity index is 1.79. The molecule has 1 heterocycles. The molecule has 0 fully saturated rings. The quantitative estimate of drug-likeness (QED) is 0.586. The van der Waals surface area contributed by atoms with E-state index in [1.807, 2.05) is 42.5 Å². The zero-order chi connectivity index (χ0) is 21.1. The molecule has 1 aliphatic heterocycles. The van der Waals surface area contributed by atoms with Gasteiger partial charge >= 0.3 is 0 Å². The van der Waals surface area contributed by atoms with E-state index in [0.29, 0.717) is 28.5 Å². The van der Waals surface area contributed by atoms with E-state index < -0.39 is 0 Å². The van der Waals surface area contributed by atoms with Crippen LogP contribution in [0.3, 0.4) is 0 Å². The Morgan fingerprint density at radius 1 is 1.07 bits per heavy atom. The number of rotatable bonds is 4. The van der Waals surface area contributed by atoms with Crippen LogP contribution in [0.15, 0.2) is 83.5 Å². The summed E-state index contributed by atoms with van der Waals surface area (Å²) < 4.78 is 5.18. The number of ether oxygens (including phenoxy) is 1. The van der Waals surface area contributed by atoms with Gasteiger partial charge in [-0.3, -0.25) is 4.79 Å². The number of phenolic OH excluding ortho intramolecular Hbond substituents is 1. The molecule has 0 aliphatic carbocycles. The fourth-order valence-electron chi connectivity index (χ4n) is 3.24. The zero-order valence-corrected chi connectivity index (χ0v) is 17.0. The van der Waals surface area contributed by atoms with E-state index in [2.05, 4.69) is 5.10 Å². The predicted molar refractivity (Wildman–Crippen MR) is 119 cm³/mol.